The Kier molecular flexibility index (Phi) is 4.60. The molecule has 1 aliphatic carbocycles. The Morgan fingerprint density at radius 2 is 1.90 bits per heavy atom. The van der Waals surface area contributed by atoms with E-state index in [-0.39, 0.29) is 10.6 Å². The predicted octanol–water partition coefficient (Wildman–Crippen LogP) is 2.87. The second-order valence-corrected chi connectivity index (χ2v) is 5.69. The smallest absolute Gasteiger partial charge is 0.271 e. The number of anilines is 1. The highest BCUT2D eigenvalue weighted by atomic mass is 16.6. The van der Waals surface area contributed by atoms with Gasteiger partial charge in [0.1, 0.15) is 0 Å². The molecule has 1 N–H and O–H groups in total. The minimum absolute atomic E-state index is 0.177. The van der Waals surface area contributed by atoms with Crippen molar-refractivity contribution in [3.63, 3.8) is 0 Å². The third-order valence-electron chi connectivity index (χ3n) is 4.32. The van der Waals surface area contributed by atoms with Crippen molar-refractivity contribution in [3.8, 4) is 0 Å². The molecule has 0 bridgehead atoms. The largest absolute Gasteiger partial charge is 0.371 e. The number of hydrogen-bond acceptors (Lipinski definition) is 4. The zero-order valence-electron chi connectivity index (χ0n) is 12.4. The third kappa shape index (κ3) is 3.28. The van der Waals surface area contributed by atoms with Crippen LogP contribution in [0.4, 0.5) is 11.4 Å². The van der Waals surface area contributed by atoms with Gasteiger partial charge in [-0.25, -0.2) is 0 Å². The number of nitrogens with one attached hydrogen (secondary N) is 1. The van der Waals surface area contributed by atoms with Crippen molar-refractivity contribution in [2.45, 2.75) is 44.7 Å². The van der Waals surface area contributed by atoms with E-state index < -0.39 is 0 Å². The standard InChI is InChI=1S/C15H23N3O2/c1-11-8-14(10-15(9-11)18(19)20)17(3)13-6-4-12(16-2)5-7-13/h8-10,12-13,16H,4-7H2,1-3H3. The Morgan fingerprint density at radius 3 is 2.45 bits per heavy atom. The van der Waals surface area contributed by atoms with Gasteiger partial charge in [0.2, 0.25) is 0 Å². The average Bonchev–Trinajstić information content (AvgIpc) is 2.46. The highest BCUT2D eigenvalue weighted by Crippen LogP contribution is 2.29. The van der Waals surface area contributed by atoms with E-state index in [0.29, 0.717) is 12.1 Å². The van der Waals surface area contributed by atoms with Crippen molar-refractivity contribution in [1.29, 1.82) is 0 Å². The van der Waals surface area contributed by atoms with Gasteiger partial charge in [0, 0.05) is 37.0 Å². The number of nitro groups is 1. The molecule has 0 aliphatic heterocycles. The van der Waals surface area contributed by atoms with Gasteiger partial charge in [0.05, 0.1) is 4.92 Å². The molecule has 110 valence electrons. The van der Waals surface area contributed by atoms with Crippen molar-refractivity contribution in [2.24, 2.45) is 0 Å². The minimum atomic E-state index is -0.317. The van der Waals surface area contributed by atoms with Gasteiger partial charge < -0.3 is 10.2 Å². The van der Waals surface area contributed by atoms with Gasteiger partial charge in [-0.15, -0.1) is 0 Å². The lowest BCUT2D eigenvalue weighted by molar-refractivity contribution is -0.384. The summed E-state index contributed by atoms with van der Waals surface area (Å²) in [5, 5.41) is 14.3. The Hall–Kier alpha value is -1.62. The first-order valence-corrected chi connectivity index (χ1v) is 7.17. The van der Waals surface area contributed by atoms with Crippen LogP contribution in [0.2, 0.25) is 0 Å². The first kappa shape index (κ1) is 14.8. The molecule has 1 aliphatic rings. The molecular weight excluding hydrogens is 254 g/mol. The molecule has 0 aromatic heterocycles. The Balaban J connectivity index is 2.13. The van der Waals surface area contributed by atoms with Gasteiger partial charge in [-0.2, -0.15) is 0 Å². The van der Waals surface area contributed by atoms with Crippen molar-refractivity contribution in [3.05, 3.63) is 33.9 Å². The fourth-order valence-electron chi connectivity index (χ4n) is 3.01. The van der Waals surface area contributed by atoms with Crippen LogP contribution in [0.1, 0.15) is 31.2 Å². The Labute approximate surface area is 120 Å². The second-order valence-electron chi connectivity index (χ2n) is 5.69. The van der Waals surface area contributed by atoms with E-state index in [1.54, 1.807) is 12.1 Å². The van der Waals surface area contributed by atoms with Crippen LogP contribution < -0.4 is 10.2 Å². The summed E-state index contributed by atoms with van der Waals surface area (Å²) in [7, 11) is 4.06. The highest BCUT2D eigenvalue weighted by molar-refractivity contribution is 5.55. The second kappa shape index (κ2) is 6.22. The molecule has 20 heavy (non-hydrogen) atoms. The summed E-state index contributed by atoms with van der Waals surface area (Å²) in [4.78, 5) is 12.8. The molecule has 0 atom stereocenters. The summed E-state index contributed by atoms with van der Waals surface area (Å²) >= 11 is 0. The highest BCUT2D eigenvalue weighted by Gasteiger charge is 2.24. The van der Waals surface area contributed by atoms with Gasteiger partial charge in [-0.3, -0.25) is 10.1 Å². The van der Waals surface area contributed by atoms with Crippen LogP contribution >= 0.6 is 0 Å². The number of nitrogens with zero attached hydrogens (tertiary/aromatic N) is 2. The quantitative estimate of drug-likeness (QED) is 0.679. The van der Waals surface area contributed by atoms with Crippen LogP contribution in [0, 0.1) is 17.0 Å². The minimum Gasteiger partial charge on any atom is -0.371 e. The lowest BCUT2D eigenvalue weighted by Crippen LogP contribution is -2.39. The molecule has 0 radical (unpaired) electrons. The summed E-state index contributed by atoms with van der Waals surface area (Å²) < 4.78 is 0. The van der Waals surface area contributed by atoms with E-state index in [0.717, 1.165) is 24.1 Å². The number of benzene rings is 1. The normalized spacial score (nSPS) is 22.6. The van der Waals surface area contributed by atoms with Crippen LogP contribution in [0.3, 0.4) is 0 Å². The van der Waals surface area contributed by atoms with Crippen LogP contribution in [-0.2, 0) is 0 Å². The molecule has 0 heterocycles. The molecule has 5 heteroatoms. The summed E-state index contributed by atoms with van der Waals surface area (Å²) in [6.07, 6.45) is 4.59. The van der Waals surface area contributed by atoms with E-state index in [4.69, 9.17) is 0 Å². The number of rotatable bonds is 4. The van der Waals surface area contributed by atoms with Gasteiger partial charge in [-0.1, -0.05) is 0 Å². The van der Waals surface area contributed by atoms with Gasteiger partial charge in [0.25, 0.3) is 5.69 Å². The lowest BCUT2D eigenvalue weighted by atomic mass is 9.90. The molecular formula is C15H23N3O2. The Morgan fingerprint density at radius 1 is 1.25 bits per heavy atom. The van der Waals surface area contributed by atoms with Crippen molar-refractivity contribution in [2.75, 3.05) is 19.0 Å². The van der Waals surface area contributed by atoms with Gasteiger partial charge in [-0.05, 0) is 51.3 Å². The summed E-state index contributed by atoms with van der Waals surface area (Å²) in [6, 6.07) is 6.41. The fourth-order valence-corrected chi connectivity index (χ4v) is 3.01. The molecule has 0 unspecified atom stereocenters. The molecule has 2 rings (SSSR count). The van der Waals surface area contributed by atoms with E-state index in [2.05, 4.69) is 10.2 Å². The molecule has 1 saturated carbocycles. The number of hydrogen-bond donors (Lipinski definition) is 1. The topological polar surface area (TPSA) is 58.4 Å². The van der Waals surface area contributed by atoms with Crippen LogP contribution in [0.5, 0.6) is 0 Å². The maximum atomic E-state index is 11.0. The molecule has 1 fully saturated rings. The first-order chi connectivity index (χ1) is 9.51. The zero-order chi connectivity index (χ0) is 14.7. The van der Waals surface area contributed by atoms with Gasteiger partial charge >= 0.3 is 0 Å². The molecule has 5 nitrogen and oxygen atoms in total. The Bertz CT molecular complexity index is 482. The molecule has 1 aromatic carbocycles. The zero-order valence-corrected chi connectivity index (χ0v) is 12.4. The van der Waals surface area contributed by atoms with E-state index in [9.17, 15) is 10.1 Å². The van der Waals surface area contributed by atoms with E-state index in [1.165, 1.54) is 12.8 Å². The predicted molar refractivity (Wildman–Crippen MR) is 81.3 cm³/mol. The van der Waals surface area contributed by atoms with Crippen LogP contribution in [-0.4, -0.2) is 31.1 Å². The van der Waals surface area contributed by atoms with Crippen molar-refractivity contribution < 1.29 is 4.92 Å². The molecule has 0 amide bonds. The monoisotopic (exact) mass is 277 g/mol. The van der Waals surface area contributed by atoms with Gasteiger partial charge in [0.15, 0.2) is 0 Å². The lowest BCUT2D eigenvalue weighted by Gasteiger charge is -2.36. The van der Waals surface area contributed by atoms with E-state index in [1.807, 2.05) is 27.1 Å². The van der Waals surface area contributed by atoms with E-state index >= 15 is 0 Å². The molecule has 0 saturated heterocycles. The van der Waals surface area contributed by atoms with Crippen LogP contribution in [0.25, 0.3) is 0 Å². The SMILES string of the molecule is CNC1CCC(N(C)c2cc(C)cc([N+](=O)[O-])c2)CC1. The third-order valence-corrected chi connectivity index (χ3v) is 4.32. The van der Waals surface area contributed by atoms with Crippen LogP contribution in [0.15, 0.2) is 18.2 Å². The molecule has 1 aromatic rings. The summed E-state index contributed by atoms with van der Waals surface area (Å²) in [5.74, 6) is 0. The summed E-state index contributed by atoms with van der Waals surface area (Å²) in [5.41, 5.74) is 2.06. The number of non-ortho nitro benzene ring substituents is 1. The fraction of sp³-hybridized carbons (Fsp3) is 0.600. The molecule has 0 spiro atoms. The maximum Gasteiger partial charge on any atom is 0.271 e. The first-order valence-electron chi connectivity index (χ1n) is 7.17. The maximum absolute atomic E-state index is 11.0. The average molecular weight is 277 g/mol. The van der Waals surface area contributed by atoms with Crippen molar-refractivity contribution >= 4 is 11.4 Å². The van der Waals surface area contributed by atoms with Crippen molar-refractivity contribution in [1.82, 2.24) is 5.32 Å². The number of aryl methyl sites for hydroxylation is 1. The number of nitro benzene ring substituents is 1. The summed E-state index contributed by atoms with van der Waals surface area (Å²) in [6.45, 7) is 1.91.